The van der Waals surface area contributed by atoms with Crippen LogP contribution in [-0.4, -0.2) is 49.8 Å². The lowest BCUT2D eigenvalue weighted by Crippen LogP contribution is -2.52. The zero-order chi connectivity index (χ0) is 10.7. The van der Waals surface area contributed by atoms with Crippen LogP contribution in [0, 0.1) is 11.3 Å². The quantitative estimate of drug-likeness (QED) is 0.728. The van der Waals surface area contributed by atoms with Crippen LogP contribution in [0.25, 0.3) is 0 Å². The first-order valence-corrected chi connectivity index (χ1v) is 5.77. The summed E-state index contributed by atoms with van der Waals surface area (Å²) in [5.74, 6) is 0. The second-order valence-corrected chi connectivity index (χ2v) is 4.37. The third-order valence-electron chi connectivity index (χ3n) is 3.52. The van der Waals surface area contributed by atoms with Gasteiger partial charge in [-0.25, -0.2) is 0 Å². The van der Waals surface area contributed by atoms with Gasteiger partial charge in [-0.05, 0) is 26.3 Å². The number of ether oxygens (including phenoxy) is 1. The lowest BCUT2D eigenvalue weighted by Gasteiger charge is -2.38. The molecule has 4 heteroatoms. The molecule has 1 N–H and O–H groups in total. The molecule has 0 aromatic rings. The molecule has 1 aliphatic carbocycles. The molecule has 0 bridgehead atoms. The topological polar surface area (TPSA) is 48.3 Å². The number of rotatable bonds is 3. The van der Waals surface area contributed by atoms with Gasteiger partial charge in [-0.3, -0.25) is 4.90 Å². The van der Waals surface area contributed by atoms with E-state index in [1.807, 2.05) is 7.05 Å². The number of nitrogens with zero attached hydrogens (tertiary/aromatic N) is 2. The lowest BCUT2D eigenvalue weighted by molar-refractivity contribution is -0.0564. The summed E-state index contributed by atoms with van der Waals surface area (Å²) >= 11 is 0. The van der Waals surface area contributed by atoms with Crippen LogP contribution < -0.4 is 5.32 Å². The molecular formula is C11H19N3O. The molecule has 3 unspecified atom stereocenters. The van der Waals surface area contributed by atoms with Crippen LogP contribution in [-0.2, 0) is 4.74 Å². The molecule has 0 spiro atoms. The van der Waals surface area contributed by atoms with Crippen molar-refractivity contribution in [1.29, 1.82) is 5.26 Å². The molecule has 0 radical (unpaired) electrons. The fourth-order valence-corrected chi connectivity index (χ4v) is 2.66. The second kappa shape index (κ2) is 4.93. The van der Waals surface area contributed by atoms with Crippen LogP contribution in [0.5, 0.6) is 0 Å². The molecule has 3 atom stereocenters. The highest BCUT2D eigenvalue weighted by atomic mass is 16.5. The monoisotopic (exact) mass is 209 g/mol. The molecule has 1 heterocycles. The van der Waals surface area contributed by atoms with E-state index in [1.165, 1.54) is 19.3 Å². The highest BCUT2D eigenvalue weighted by molar-refractivity contribution is 4.96. The maximum atomic E-state index is 8.93. The number of fused-ring (bicyclic) bond motifs is 1. The Morgan fingerprint density at radius 3 is 3.20 bits per heavy atom. The number of likely N-dealkylation sites (N-methyl/N-ethyl adjacent to an activating group) is 1. The molecule has 15 heavy (non-hydrogen) atoms. The third kappa shape index (κ3) is 2.31. The predicted octanol–water partition coefficient (Wildman–Crippen LogP) is 0.351. The minimum absolute atomic E-state index is 0.0515. The van der Waals surface area contributed by atoms with Gasteiger partial charge < -0.3 is 10.1 Å². The summed E-state index contributed by atoms with van der Waals surface area (Å²) in [4.78, 5) is 2.42. The molecule has 2 aliphatic rings. The normalized spacial score (nSPS) is 33.3. The smallest absolute Gasteiger partial charge is 0.108 e. The minimum atomic E-state index is -0.0515. The zero-order valence-corrected chi connectivity index (χ0v) is 9.28. The molecule has 0 amide bonds. The SMILES string of the molecule is CNC(C#N)CN1CCOC2CCCC21. The van der Waals surface area contributed by atoms with Crippen molar-refractivity contribution in [3.05, 3.63) is 0 Å². The fraction of sp³-hybridized carbons (Fsp3) is 0.909. The Hall–Kier alpha value is -0.630. The van der Waals surface area contributed by atoms with Crippen molar-refractivity contribution in [1.82, 2.24) is 10.2 Å². The van der Waals surface area contributed by atoms with E-state index in [0.717, 1.165) is 19.7 Å². The molecule has 0 aromatic carbocycles. The Morgan fingerprint density at radius 2 is 2.47 bits per heavy atom. The first-order chi connectivity index (χ1) is 7.35. The van der Waals surface area contributed by atoms with Crippen LogP contribution in [0.4, 0.5) is 0 Å². The van der Waals surface area contributed by atoms with Crippen molar-refractivity contribution in [2.45, 2.75) is 37.5 Å². The van der Waals surface area contributed by atoms with Crippen molar-refractivity contribution in [2.24, 2.45) is 0 Å². The zero-order valence-electron chi connectivity index (χ0n) is 9.28. The number of nitriles is 1. The highest BCUT2D eigenvalue weighted by Crippen LogP contribution is 2.29. The Balaban J connectivity index is 1.93. The molecule has 0 aromatic heterocycles. The first kappa shape index (κ1) is 10.9. The van der Waals surface area contributed by atoms with Gasteiger partial charge in [-0.1, -0.05) is 0 Å². The maximum absolute atomic E-state index is 8.93. The van der Waals surface area contributed by atoms with Crippen LogP contribution in [0.3, 0.4) is 0 Å². The van der Waals surface area contributed by atoms with Gasteiger partial charge in [-0.15, -0.1) is 0 Å². The van der Waals surface area contributed by atoms with Crippen molar-refractivity contribution < 1.29 is 4.74 Å². The van der Waals surface area contributed by atoms with Crippen LogP contribution in [0.1, 0.15) is 19.3 Å². The minimum Gasteiger partial charge on any atom is -0.375 e. The van der Waals surface area contributed by atoms with Gasteiger partial charge >= 0.3 is 0 Å². The molecule has 84 valence electrons. The summed E-state index contributed by atoms with van der Waals surface area (Å²) in [7, 11) is 1.85. The van der Waals surface area contributed by atoms with Gasteiger partial charge in [0.15, 0.2) is 0 Å². The molecule has 2 rings (SSSR count). The van der Waals surface area contributed by atoms with Crippen LogP contribution >= 0.6 is 0 Å². The number of nitrogens with one attached hydrogen (secondary N) is 1. The van der Waals surface area contributed by atoms with Crippen molar-refractivity contribution >= 4 is 0 Å². The van der Waals surface area contributed by atoms with Crippen LogP contribution in [0.15, 0.2) is 0 Å². The van der Waals surface area contributed by atoms with E-state index >= 15 is 0 Å². The van der Waals surface area contributed by atoms with Gasteiger partial charge in [0, 0.05) is 19.1 Å². The summed E-state index contributed by atoms with van der Waals surface area (Å²) in [5, 5.41) is 12.0. The van der Waals surface area contributed by atoms with Crippen molar-refractivity contribution in [3.8, 4) is 6.07 Å². The van der Waals surface area contributed by atoms with Crippen molar-refractivity contribution in [2.75, 3.05) is 26.7 Å². The van der Waals surface area contributed by atoms with Gasteiger partial charge in [0.1, 0.15) is 6.04 Å². The van der Waals surface area contributed by atoms with E-state index in [0.29, 0.717) is 12.1 Å². The summed E-state index contributed by atoms with van der Waals surface area (Å²) < 4.78 is 5.74. The highest BCUT2D eigenvalue weighted by Gasteiger charge is 2.36. The standard InChI is InChI=1S/C11H19N3O/c1-13-9(7-12)8-14-5-6-15-11-4-2-3-10(11)14/h9-11,13H,2-6,8H2,1H3. The van der Waals surface area contributed by atoms with E-state index in [4.69, 9.17) is 10.00 Å². The van der Waals surface area contributed by atoms with E-state index in [2.05, 4.69) is 16.3 Å². The van der Waals surface area contributed by atoms with Gasteiger partial charge in [0.05, 0.1) is 18.8 Å². The molecule has 2 fully saturated rings. The first-order valence-electron chi connectivity index (χ1n) is 5.77. The largest absolute Gasteiger partial charge is 0.375 e. The van der Waals surface area contributed by atoms with E-state index in [-0.39, 0.29) is 6.04 Å². The van der Waals surface area contributed by atoms with E-state index in [9.17, 15) is 0 Å². The summed E-state index contributed by atoms with van der Waals surface area (Å²) in [5.41, 5.74) is 0. The summed E-state index contributed by atoms with van der Waals surface area (Å²) in [6.45, 7) is 2.63. The Bertz CT molecular complexity index is 251. The van der Waals surface area contributed by atoms with Gasteiger partial charge in [0.25, 0.3) is 0 Å². The van der Waals surface area contributed by atoms with Crippen LogP contribution in [0.2, 0.25) is 0 Å². The predicted molar refractivity (Wildman–Crippen MR) is 57.4 cm³/mol. The van der Waals surface area contributed by atoms with Gasteiger partial charge in [0.2, 0.25) is 0 Å². The van der Waals surface area contributed by atoms with E-state index in [1.54, 1.807) is 0 Å². The number of hydrogen-bond acceptors (Lipinski definition) is 4. The number of hydrogen-bond donors (Lipinski definition) is 1. The van der Waals surface area contributed by atoms with Gasteiger partial charge in [-0.2, -0.15) is 5.26 Å². The Labute approximate surface area is 91.2 Å². The molecule has 4 nitrogen and oxygen atoms in total. The summed E-state index contributed by atoms with van der Waals surface area (Å²) in [6.07, 6.45) is 4.11. The molecule has 1 saturated carbocycles. The third-order valence-corrected chi connectivity index (χ3v) is 3.52. The van der Waals surface area contributed by atoms with E-state index < -0.39 is 0 Å². The summed E-state index contributed by atoms with van der Waals surface area (Å²) in [6, 6.07) is 2.79. The average molecular weight is 209 g/mol. The molecular weight excluding hydrogens is 190 g/mol. The molecule has 1 aliphatic heterocycles. The average Bonchev–Trinajstić information content (AvgIpc) is 2.74. The lowest BCUT2D eigenvalue weighted by atomic mass is 10.1. The Morgan fingerprint density at radius 1 is 1.60 bits per heavy atom. The Kier molecular flexibility index (Phi) is 3.57. The fourth-order valence-electron chi connectivity index (χ4n) is 2.66. The number of morpholine rings is 1. The van der Waals surface area contributed by atoms with Crippen molar-refractivity contribution in [3.63, 3.8) is 0 Å². The second-order valence-electron chi connectivity index (χ2n) is 4.37. The maximum Gasteiger partial charge on any atom is 0.108 e. The molecule has 1 saturated heterocycles.